The van der Waals surface area contributed by atoms with Crippen LogP contribution in [0.4, 0.5) is 11.5 Å². The van der Waals surface area contributed by atoms with Gasteiger partial charge in [0.15, 0.2) is 0 Å². The Morgan fingerprint density at radius 1 is 0.842 bits per heavy atom. The van der Waals surface area contributed by atoms with Gasteiger partial charge in [-0.1, -0.05) is 40.2 Å². The molecule has 3 aromatic rings. The Hall–Kier alpha value is -1.39. The van der Waals surface area contributed by atoms with Crippen LogP contribution < -0.4 is 5.32 Å². The Labute approximate surface area is 128 Å². The van der Waals surface area contributed by atoms with Crippen LogP contribution in [0.25, 0.3) is 10.8 Å². The van der Waals surface area contributed by atoms with Gasteiger partial charge in [-0.25, -0.2) is 4.98 Å². The fraction of sp³-hybridized carbons (Fsp3) is 0. The first-order valence-corrected chi connectivity index (χ1v) is 7.38. The van der Waals surface area contributed by atoms with Gasteiger partial charge in [0.1, 0.15) is 5.82 Å². The van der Waals surface area contributed by atoms with E-state index in [2.05, 4.69) is 60.4 Å². The molecule has 94 valence electrons. The van der Waals surface area contributed by atoms with Crippen LogP contribution in [0.5, 0.6) is 0 Å². The molecule has 0 saturated carbocycles. The van der Waals surface area contributed by atoms with Crippen molar-refractivity contribution in [3.8, 4) is 0 Å². The van der Waals surface area contributed by atoms with Gasteiger partial charge in [0.05, 0.1) is 0 Å². The lowest BCUT2D eigenvalue weighted by Gasteiger charge is -2.10. The summed E-state index contributed by atoms with van der Waals surface area (Å²) in [6, 6.07) is 16.3. The number of nitrogens with one attached hydrogen (secondary N) is 1. The second kappa shape index (κ2) is 5.31. The largest absolute Gasteiger partial charge is 0.340 e. The van der Waals surface area contributed by atoms with Crippen LogP contribution in [0.15, 0.2) is 63.7 Å². The van der Waals surface area contributed by atoms with Gasteiger partial charge >= 0.3 is 0 Å². The number of hydrogen-bond donors (Lipinski definition) is 1. The summed E-state index contributed by atoms with van der Waals surface area (Å²) >= 11 is 6.96. The van der Waals surface area contributed by atoms with Crippen LogP contribution in [-0.4, -0.2) is 4.98 Å². The quantitative estimate of drug-likeness (QED) is 0.637. The van der Waals surface area contributed by atoms with E-state index in [4.69, 9.17) is 0 Å². The number of benzene rings is 2. The Morgan fingerprint density at radius 3 is 2.37 bits per heavy atom. The molecule has 0 aliphatic heterocycles. The molecule has 0 saturated heterocycles. The molecule has 0 atom stereocenters. The van der Waals surface area contributed by atoms with E-state index in [0.717, 1.165) is 20.5 Å². The normalized spacial score (nSPS) is 10.6. The minimum absolute atomic E-state index is 0.829. The summed E-state index contributed by atoms with van der Waals surface area (Å²) in [5.74, 6) is 0.829. The first-order valence-electron chi connectivity index (χ1n) is 5.80. The van der Waals surface area contributed by atoms with E-state index in [-0.39, 0.29) is 0 Å². The summed E-state index contributed by atoms with van der Waals surface area (Å²) in [7, 11) is 0. The van der Waals surface area contributed by atoms with Gasteiger partial charge in [0, 0.05) is 26.2 Å². The maximum absolute atomic E-state index is 4.33. The summed E-state index contributed by atoms with van der Waals surface area (Å²) in [5.41, 5.74) is 1.05. The number of pyridine rings is 1. The number of anilines is 2. The Balaban J connectivity index is 2.06. The molecule has 0 aliphatic carbocycles. The third kappa shape index (κ3) is 2.65. The molecule has 3 rings (SSSR count). The van der Waals surface area contributed by atoms with Crippen molar-refractivity contribution in [2.24, 2.45) is 0 Å². The number of fused-ring (bicyclic) bond motifs is 1. The van der Waals surface area contributed by atoms with Crippen LogP contribution >= 0.6 is 31.9 Å². The van der Waals surface area contributed by atoms with Crippen LogP contribution in [0.1, 0.15) is 0 Å². The van der Waals surface area contributed by atoms with Crippen molar-refractivity contribution in [3.05, 3.63) is 63.7 Å². The number of halogens is 2. The topological polar surface area (TPSA) is 24.9 Å². The van der Waals surface area contributed by atoms with Gasteiger partial charge in [-0.15, -0.1) is 0 Å². The van der Waals surface area contributed by atoms with E-state index in [1.807, 2.05) is 30.3 Å². The number of hydrogen-bond acceptors (Lipinski definition) is 2. The van der Waals surface area contributed by atoms with Gasteiger partial charge in [-0.05, 0) is 45.6 Å². The van der Waals surface area contributed by atoms with Crippen molar-refractivity contribution in [1.29, 1.82) is 0 Å². The number of aromatic nitrogens is 1. The Morgan fingerprint density at radius 2 is 1.63 bits per heavy atom. The van der Waals surface area contributed by atoms with Crippen LogP contribution in [0, 0.1) is 0 Å². The second-order valence-electron chi connectivity index (χ2n) is 4.13. The monoisotopic (exact) mass is 376 g/mol. The smallest absolute Gasteiger partial charge is 0.130 e. The lowest BCUT2D eigenvalue weighted by Crippen LogP contribution is -1.94. The van der Waals surface area contributed by atoms with Crippen LogP contribution in [-0.2, 0) is 0 Å². The van der Waals surface area contributed by atoms with Gasteiger partial charge in [-0.2, -0.15) is 0 Å². The summed E-state index contributed by atoms with van der Waals surface area (Å²) in [6.07, 6.45) is 1.78. The maximum Gasteiger partial charge on any atom is 0.130 e. The molecular formula is C15H10Br2N2. The fourth-order valence-electron chi connectivity index (χ4n) is 1.96. The van der Waals surface area contributed by atoms with Gasteiger partial charge in [-0.3, -0.25) is 0 Å². The Kier molecular flexibility index (Phi) is 3.53. The minimum atomic E-state index is 0.829. The molecule has 1 heterocycles. The average molecular weight is 378 g/mol. The van der Waals surface area contributed by atoms with Gasteiger partial charge in [0.2, 0.25) is 0 Å². The average Bonchev–Trinajstić information content (AvgIpc) is 2.45. The molecule has 0 unspecified atom stereocenters. The zero-order chi connectivity index (χ0) is 13.2. The lowest BCUT2D eigenvalue weighted by molar-refractivity contribution is 1.30. The predicted molar refractivity (Wildman–Crippen MR) is 86.9 cm³/mol. The first-order chi connectivity index (χ1) is 9.24. The minimum Gasteiger partial charge on any atom is -0.340 e. The molecule has 0 fully saturated rings. The van der Waals surface area contributed by atoms with E-state index in [9.17, 15) is 0 Å². The van der Waals surface area contributed by atoms with E-state index < -0.39 is 0 Å². The SMILES string of the molecule is Brc1ccc(Nc2ccc(Br)c3ccccc23)nc1. The number of rotatable bonds is 2. The molecule has 0 radical (unpaired) electrons. The van der Waals surface area contributed by atoms with Gasteiger partial charge < -0.3 is 5.32 Å². The second-order valence-corrected chi connectivity index (χ2v) is 5.90. The molecule has 1 aromatic heterocycles. The predicted octanol–water partition coefficient (Wildman–Crippen LogP) is 5.50. The van der Waals surface area contributed by atoms with Crippen molar-refractivity contribution in [2.45, 2.75) is 0 Å². The highest BCUT2D eigenvalue weighted by molar-refractivity contribution is 9.11. The standard InChI is InChI=1S/C15H10Br2N2/c16-10-5-8-15(18-9-10)19-14-7-6-13(17)11-3-1-2-4-12(11)14/h1-9H,(H,18,19). The van der Waals surface area contributed by atoms with E-state index >= 15 is 0 Å². The molecule has 0 bridgehead atoms. The highest BCUT2D eigenvalue weighted by Crippen LogP contribution is 2.31. The van der Waals surface area contributed by atoms with Crippen molar-refractivity contribution < 1.29 is 0 Å². The van der Waals surface area contributed by atoms with Crippen molar-refractivity contribution in [3.63, 3.8) is 0 Å². The van der Waals surface area contributed by atoms with E-state index in [0.29, 0.717) is 0 Å². The first kappa shape index (κ1) is 12.6. The number of nitrogens with zero attached hydrogens (tertiary/aromatic N) is 1. The third-order valence-electron chi connectivity index (χ3n) is 2.86. The molecule has 1 N–H and O–H groups in total. The highest BCUT2D eigenvalue weighted by Gasteiger charge is 2.04. The lowest BCUT2D eigenvalue weighted by atomic mass is 10.1. The van der Waals surface area contributed by atoms with Crippen molar-refractivity contribution in [2.75, 3.05) is 5.32 Å². The van der Waals surface area contributed by atoms with Crippen molar-refractivity contribution in [1.82, 2.24) is 4.98 Å². The van der Waals surface area contributed by atoms with E-state index in [1.165, 1.54) is 10.8 Å². The maximum atomic E-state index is 4.33. The zero-order valence-corrected chi connectivity index (χ0v) is 13.1. The van der Waals surface area contributed by atoms with Crippen LogP contribution in [0.2, 0.25) is 0 Å². The zero-order valence-electron chi connectivity index (χ0n) is 9.90. The molecule has 0 spiro atoms. The fourth-order valence-corrected chi connectivity index (χ4v) is 2.67. The van der Waals surface area contributed by atoms with E-state index in [1.54, 1.807) is 6.20 Å². The highest BCUT2D eigenvalue weighted by atomic mass is 79.9. The molecular weight excluding hydrogens is 368 g/mol. The van der Waals surface area contributed by atoms with Crippen LogP contribution in [0.3, 0.4) is 0 Å². The summed E-state index contributed by atoms with van der Waals surface area (Å²) in [5, 5.41) is 5.70. The summed E-state index contributed by atoms with van der Waals surface area (Å²) < 4.78 is 2.07. The van der Waals surface area contributed by atoms with Crippen molar-refractivity contribution >= 4 is 54.1 Å². The molecule has 2 nitrogen and oxygen atoms in total. The Bertz CT molecular complexity index is 724. The molecule has 19 heavy (non-hydrogen) atoms. The molecule has 0 aliphatic rings. The van der Waals surface area contributed by atoms with Gasteiger partial charge in [0.25, 0.3) is 0 Å². The summed E-state index contributed by atoms with van der Waals surface area (Å²) in [6.45, 7) is 0. The molecule has 0 amide bonds. The molecule has 2 aromatic carbocycles. The summed E-state index contributed by atoms with van der Waals surface area (Å²) in [4.78, 5) is 4.33. The third-order valence-corrected chi connectivity index (χ3v) is 4.02. The molecule has 4 heteroatoms.